The summed E-state index contributed by atoms with van der Waals surface area (Å²) in [6, 6.07) is 7.20. The highest BCUT2D eigenvalue weighted by atomic mass is 35.5. The molecule has 4 atom stereocenters. The summed E-state index contributed by atoms with van der Waals surface area (Å²) in [7, 11) is 0. The number of aliphatic hydroxyl groups excluding tert-OH is 3. The van der Waals surface area contributed by atoms with Gasteiger partial charge >= 0.3 is 0 Å². The first kappa shape index (κ1) is 27.1. The number of halogens is 5. The van der Waals surface area contributed by atoms with Gasteiger partial charge in [0.2, 0.25) is 0 Å². The number of alkyl halides is 2. The third kappa shape index (κ3) is 5.38. The number of nitrogens with zero attached hydrogens (tertiary/aromatic N) is 3. The highest BCUT2D eigenvalue weighted by Crippen LogP contribution is 2.36. The molecule has 37 heavy (non-hydrogen) atoms. The molecule has 3 aromatic rings. The van der Waals surface area contributed by atoms with Crippen LogP contribution in [-0.4, -0.2) is 67.6 Å². The summed E-state index contributed by atoms with van der Waals surface area (Å²) in [5.74, 6) is -2.10. The van der Waals surface area contributed by atoms with Crippen molar-refractivity contribution < 1.29 is 48.1 Å². The van der Waals surface area contributed by atoms with Crippen LogP contribution in [0.5, 0.6) is 0 Å². The molecular weight excluding hydrogens is 546 g/mol. The van der Waals surface area contributed by atoms with Gasteiger partial charge in [0.15, 0.2) is 0 Å². The molecule has 0 bridgehead atoms. The van der Waals surface area contributed by atoms with Crippen molar-refractivity contribution in [3.8, 4) is 11.1 Å². The van der Waals surface area contributed by atoms with Gasteiger partial charge in [-0.25, -0.2) is 13.2 Å². The van der Waals surface area contributed by atoms with Gasteiger partial charge in [-0.3, -0.25) is 10.0 Å². The summed E-state index contributed by atoms with van der Waals surface area (Å²) in [6.07, 6.45) is -8.64. The molecule has 10 nitrogen and oxygen atoms in total. The predicted octanol–water partition coefficient (Wildman–Crippen LogP) is 2.84. The number of carbonyl (C=O) groups excluding carboxylic acids is 1. The molecule has 1 aromatic heterocycles. The fourth-order valence-electron chi connectivity index (χ4n) is 3.62. The summed E-state index contributed by atoms with van der Waals surface area (Å²) in [5, 5.41) is 43.4. The maximum atomic E-state index is 14.0. The van der Waals surface area contributed by atoms with Gasteiger partial charge in [-0.15, -0.1) is 9.94 Å². The Morgan fingerprint density at radius 2 is 1.89 bits per heavy atom. The molecule has 0 unspecified atom stereocenters. The number of hydrogen-bond acceptors (Lipinski definition) is 8. The minimum Gasteiger partial charge on any atom is -0.394 e. The predicted molar refractivity (Wildman–Crippen MR) is 122 cm³/mol. The van der Waals surface area contributed by atoms with Crippen molar-refractivity contribution in [1.82, 2.24) is 9.94 Å². The second-order valence-corrected chi connectivity index (χ2v) is 8.67. The second-order valence-electron chi connectivity index (χ2n) is 7.85. The van der Waals surface area contributed by atoms with E-state index < -0.39 is 60.6 Å². The Kier molecular flexibility index (Phi) is 7.94. The zero-order chi connectivity index (χ0) is 27.0. The van der Waals surface area contributed by atoms with Crippen molar-refractivity contribution in [2.75, 3.05) is 11.7 Å². The number of benzene rings is 2. The van der Waals surface area contributed by atoms with Gasteiger partial charge in [-0.1, -0.05) is 29.3 Å². The smallest absolute Gasteiger partial charge is 0.285 e. The lowest BCUT2D eigenvalue weighted by Gasteiger charge is -2.19. The van der Waals surface area contributed by atoms with Gasteiger partial charge in [0, 0.05) is 5.56 Å². The van der Waals surface area contributed by atoms with Crippen LogP contribution in [0.4, 0.5) is 18.9 Å². The molecular formula is C22H18Cl2F3N3O7. The van der Waals surface area contributed by atoms with Crippen LogP contribution in [-0.2, 0) is 4.74 Å². The van der Waals surface area contributed by atoms with Crippen LogP contribution in [0, 0.1) is 5.82 Å². The first-order chi connectivity index (χ1) is 17.5. The van der Waals surface area contributed by atoms with Crippen LogP contribution >= 0.6 is 23.2 Å². The summed E-state index contributed by atoms with van der Waals surface area (Å²) >= 11 is 11.9. The number of anilines is 1. The van der Waals surface area contributed by atoms with E-state index in [0.29, 0.717) is 11.0 Å². The van der Waals surface area contributed by atoms with Crippen molar-refractivity contribution in [3.05, 3.63) is 69.7 Å². The van der Waals surface area contributed by atoms with Crippen molar-refractivity contribution in [1.29, 1.82) is 0 Å². The molecule has 2 heterocycles. The molecule has 0 spiro atoms. The topological polar surface area (TPSA) is 138 Å². The number of hydroxylamine groups is 1. The minimum absolute atomic E-state index is 0.0110. The number of rotatable bonds is 7. The molecule has 0 radical (unpaired) electrons. The maximum Gasteiger partial charge on any atom is 0.285 e. The van der Waals surface area contributed by atoms with Crippen LogP contribution in [0.1, 0.15) is 22.5 Å². The highest BCUT2D eigenvalue weighted by molar-refractivity contribution is 6.42. The van der Waals surface area contributed by atoms with E-state index in [-0.39, 0.29) is 31.9 Å². The Morgan fingerprint density at radius 3 is 2.51 bits per heavy atom. The Hall–Kier alpha value is -2.91. The number of aromatic nitrogens is 2. The largest absolute Gasteiger partial charge is 0.394 e. The van der Waals surface area contributed by atoms with Crippen molar-refractivity contribution in [2.24, 2.45) is 0 Å². The average Bonchev–Trinajstić information content (AvgIpc) is 3.41. The lowest BCUT2D eigenvalue weighted by Crippen LogP contribution is -2.38. The molecule has 1 aliphatic heterocycles. The SMILES string of the molecule is O=C(c1cn(O[C@@H]2O[C@H](CO)[C@H](O)[C@H]2O)nc1C(F)F)N(O)c1ccc(F)cc1-c1ccc(Cl)c(Cl)c1. The molecule has 0 saturated carbocycles. The van der Waals surface area contributed by atoms with E-state index in [1.807, 2.05) is 0 Å². The van der Waals surface area contributed by atoms with Crippen LogP contribution in [0.15, 0.2) is 42.6 Å². The summed E-state index contributed by atoms with van der Waals surface area (Å²) in [4.78, 5) is 18.6. The van der Waals surface area contributed by atoms with Crippen LogP contribution in [0.25, 0.3) is 11.1 Å². The molecule has 4 N–H and O–H groups in total. The van der Waals surface area contributed by atoms with Crippen molar-refractivity contribution >= 4 is 34.8 Å². The summed E-state index contributed by atoms with van der Waals surface area (Å²) in [6.45, 7) is -0.665. The normalized spacial score (nSPS) is 21.5. The number of carbonyl (C=O) groups is 1. The molecule has 198 valence electrons. The second kappa shape index (κ2) is 10.8. The van der Waals surface area contributed by atoms with Gasteiger partial charge in [-0.2, -0.15) is 5.06 Å². The minimum atomic E-state index is -3.30. The average molecular weight is 564 g/mol. The van der Waals surface area contributed by atoms with Crippen LogP contribution in [0.2, 0.25) is 10.0 Å². The van der Waals surface area contributed by atoms with E-state index in [0.717, 1.165) is 18.2 Å². The Balaban J connectivity index is 1.66. The molecule has 1 saturated heterocycles. The van der Waals surface area contributed by atoms with Crippen LogP contribution in [0.3, 0.4) is 0 Å². The zero-order valence-corrected chi connectivity index (χ0v) is 19.9. The standard InChI is InChI=1S/C22H18Cl2F3N3O7/c23-13-3-1-9(5-14(13)24)11-6-10(25)2-4-15(11)30(35)21(34)12-7-29(28-17(12)20(26)27)37-22-19(33)18(32)16(8-31)36-22/h1-7,16,18-20,22,31-33,35H,8H2/t16-,18+,19-,22+/m1/s1. The number of ether oxygens (including phenoxy) is 1. The summed E-state index contributed by atoms with van der Waals surface area (Å²) < 4.78 is 46.5. The van der Waals surface area contributed by atoms with Gasteiger partial charge in [0.05, 0.1) is 34.1 Å². The van der Waals surface area contributed by atoms with Crippen LogP contribution < -0.4 is 9.90 Å². The third-order valence-corrected chi connectivity index (χ3v) is 6.22. The van der Waals surface area contributed by atoms with Gasteiger partial charge in [0.1, 0.15) is 29.8 Å². The van der Waals surface area contributed by atoms with E-state index in [9.17, 15) is 33.4 Å². The number of amides is 1. The molecule has 1 amide bonds. The van der Waals surface area contributed by atoms with E-state index >= 15 is 0 Å². The first-order valence-electron chi connectivity index (χ1n) is 10.5. The molecule has 2 aromatic carbocycles. The zero-order valence-electron chi connectivity index (χ0n) is 18.4. The quantitative estimate of drug-likeness (QED) is 0.254. The Morgan fingerprint density at radius 1 is 1.16 bits per heavy atom. The Bertz CT molecular complexity index is 1310. The van der Waals surface area contributed by atoms with E-state index in [1.165, 1.54) is 18.2 Å². The van der Waals surface area contributed by atoms with E-state index in [2.05, 4.69) is 5.10 Å². The van der Waals surface area contributed by atoms with E-state index in [4.69, 9.17) is 37.9 Å². The lowest BCUT2D eigenvalue weighted by atomic mass is 10.0. The van der Waals surface area contributed by atoms with Gasteiger partial charge in [0.25, 0.3) is 18.6 Å². The van der Waals surface area contributed by atoms with E-state index in [1.54, 1.807) is 0 Å². The number of hydrogen-bond donors (Lipinski definition) is 4. The molecule has 1 fully saturated rings. The van der Waals surface area contributed by atoms with Gasteiger partial charge < -0.3 is 24.9 Å². The third-order valence-electron chi connectivity index (χ3n) is 5.48. The maximum absolute atomic E-state index is 14.0. The van der Waals surface area contributed by atoms with Crippen molar-refractivity contribution in [3.63, 3.8) is 0 Å². The molecule has 4 rings (SSSR count). The molecule has 15 heteroatoms. The molecule has 0 aliphatic carbocycles. The van der Waals surface area contributed by atoms with Crippen molar-refractivity contribution in [2.45, 2.75) is 31.0 Å². The summed E-state index contributed by atoms with van der Waals surface area (Å²) in [5.41, 5.74) is -1.92. The Labute approximate surface area is 216 Å². The monoisotopic (exact) mass is 563 g/mol. The fraction of sp³-hybridized carbons (Fsp3) is 0.273. The molecule has 1 aliphatic rings. The highest BCUT2D eigenvalue weighted by Gasteiger charge is 2.45. The fourth-order valence-corrected chi connectivity index (χ4v) is 3.91. The van der Waals surface area contributed by atoms with Gasteiger partial charge in [-0.05, 0) is 35.9 Å². The first-order valence-corrected chi connectivity index (χ1v) is 11.2. The lowest BCUT2D eigenvalue weighted by molar-refractivity contribution is -0.179. The number of aliphatic hydroxyl groups is 3.